The average Bonchev–Trinajstić information content (AvgIpc) is 2.89. The van der Waals surface area contributed by atoms with Gasteiger partial charge >= 0.3 is 0 Å². The van der Waals surface area contributed by atoms with Crippen molar-refractivity contribution in [2.24, 2.45) is 0 Å². The van der Waals surface area contributed by atoms with Gasteiger partial charge in [0.05, 0.1) is 18.5 Å². The molecule has 0 unspecified atom stereocenters. The smallest absolute Gasteiger partial charge is 0.273 e. The number of ether oxygens (including phenoxy) is 1. The van der Waals surface area contributed by atoms with Gasteiger partial charge in [0, 0.05) is 13.7 Å². The van der Waals surface area contributed by atoms with Crippen LogP contribution in [0.25, 0.3) is 5.69 Å². The number of para-hydroxylation sites is 1. The summed E-state index contributed by atoms with van der Waals surface area (Å²) >= 11 is 0. The Kier molecular flexibility index (Phi) is 4.03. The Morgan fingerprint density at radius 1 is 1.39 bits per heavy atom. The van der Waals surface area contributed by atoms with E-state index in [9.17, 15) is 4.79 Å². The molecule has 1 aromatic heterocycles. The van der Waals surface area contributed by atoms with Crippen LogP contribution in [-0.2, 0) is 4.74 Å². The highest BCUT2D eigenvalue weighted by atomic mass is 16.5. The van der Waals surface area contributed by atoms with Gasteiger partial charge < -0.3 is 10.1 Å². The van der Waals surface area contributed by atoms with Crippen LogP contribution in [0.2, 0.25) is 0 Å². The molecule has 0 radical (unpaired) electrons. The third-order valence-corrected chi connectivity index (χ3v) is 2.30. The van der Waals surface area contributed by atoms with Gasteiger partial charge in [-0.05, 0) is 12.1 Å². The molecule has 0 saturated heterocycles. The van der Waals surface area contributed by atoms with Crippen LogP contribution in [-0.4, -0.2) is 41.2 Å². The van der Waals surface area contributed by atoms with E-state index in [0.29, 0.717) is 13.2 Å². The third kappa shape index (κ3) is 2.92. The Morgan fingerprint density at radius 2 is 2.17 bits per heavy atom. The molecule has 0 bridgehead atoms. The summed E-state index contributed by atoms with van der Waals surface area (Å²) in [5.74, 6) is -0.255. The number of benzene rings is 1. The molecule has 0 saturated carbocycles. The summed E-state index contributed by atoms with van der Waals surface area (Å²) in [4.78, 5) is 13.1. The zero-order chi connectivity index (χ0) is 12.8. The lowest BCUT2D eigenvalue weighted by molar-refractivity contribution is 0.0931. The fraction of sp³-hybridized carbons (Fsp3) is 0.250. The summed E-state index contributed by atoms with van der Waals surface area (Å²) in [5.41, 5.74) is 1.10. The first-order valence-corrected chi connectivity index (χ1v) is 5.56. The molecule has 0 atom stereocenters. The van der Waals surface area contributed by atoms with Gasteiger partial charge in [0.1, 0.15) is 0 Å². The Bertz CT molecular complexity index is 510. The van der Waals surface area contributed by atoms with E-state index >= 15 is 0 Å². The molecule has 94 valence electrons. The first-order valence-electron chi connectivity index (χ1n) is 5.56. The number of nitrogens with one attached hydrogen (secondary N) is 1. The van der Waals surface area contributed by atoms with Gasteiger partial charge in [0.25, 0.3) is 5.91 Å². The first kappa shape index (κ1) is 12.3. The van der Waals surface area contributed by atoms with Crippen molar-refractivity contribution < 1.29 is 9.53 Å². The zero-order valence-electron chi connectivity index (χ0n) is 10.0. The molecule has 0 aliphatic rings. The Labute approximate surface area is 105 Å². The topological polar surface area (TPSA) is 69.0 Å². The molecule has 18 heavy (non-hydrogen) atoms. The van der Waals surface area contributed by atoms with Crippen LogP contribution in [0, 0.1) is 0 Å². The highest BCUT2D eigenvalue weighted by Crippen LogP contribution is 2.03. The van der Waals surface area contributed by atoms with Crippen LogP contribution >= 0.6 is 0 Å². The maximum Gasteiger partial charge on any atom is 0.273 e. The number of aromatic nitrogens is 3. The van der Waals surface area contributed by atoms with Crippen LogP contribution in [0.5, 0.6) is 0 Å². The van der Waals surface area contributed by atoms with E-state index in [-0.39, 0.29) is 11.6 Å². The number of methoxy groups -OCH3 is 1. The van der Waals surface area contributed by atoms with E-state index in [1.165, 1.54) is 11.0 Å². The number of amides is 1. The molecule has 1 amide bonds. The molecule has 0 aliphatic heterocycles. The maximum absolute atomic E-state index is 11.7. The van der Waals surface area contributed by atoms with Crippen molar-refractivity contribution in [2.45, 2.75) is 0 Å². The largest absolute Gasteiger partial charge is 0.383 e. The van der Waals surface area contributed by atoms with Crippen LogP contribution in [0.15, 0.2) is 36.5 Å². The zero-order valence-corrected chi connectivity index (χ0v) is 10.0. The summed E-state index contributed by atoms with van der Waals surface area (Å²) in [6, 6.07) is 9.42. The van der Waals surface area contributed by atoms with E-state index < -0.39 is 0 Å². The number of rotatable bonds is 5. The Hall–Kier alpha value is -2.21. The second kappa shape index (κ2) is 5.92. The van der Waals surface area contributed by atoms with Crippen molar-refractivity contribution in [3.05, 3.63) is 42.2 Å². The molecule has 1 N–H and O–H groups in total. The summed E-state index contributed by atoms with van der Waals surface area (Å²) in [6.07, 6.45) is 1.44. The quantitative estimate of drug-likeness (QED) is 0.786. The van der Waals surface area contributed by atoms with E-state index in [0.717, 1.165) is 5.69 Å². The Morgan fingerprint density at radius 3 is 2.89 bits per heavy atom. The Balaban J connectivity index is 2.04. The fourth-order valence-electron chi connectivity index (χ4n) is 1.41. The molecule has 1 aromatic carbocycles. The van der Waals surface area contributed by atoms with Gasteiger partial charge in [-0.25, -0.2) is 0 Å². The highest BCUT2D eigenvalue weighted by molar-refractivity contribution is 5.91. The van der Waals surface area contributed by atoms with Crippen molar-refractivity contribution in [1.82, 2.24) is 20.3 Å². The van der Waals surface area contributed by atoms with Crippen molar-refractivity contribution in [3.8, 4) is 5.69 Å². The normalized spacial score (nSPS) is 10.3. The minimum Gasteiger partial charge on any atom is -0.383 e. The van der Waals surface area contributed by atoms with Crippen LogP contribution < -0.4 is 5.32 Å². The summed E-state index contributed by atoms with van der Waals surface area (Å²) < 4.78 is 4.85. The molecule has 6 heteroatoms. The maximum atomic E-state index is 11.7. The standard InChI is InChI=1S/C12H14N4O2/c1-18-8-7-13-12(17)11-9-14-16(15-11)10-5-3-2-4-6-10/h2-6,9H,7-8H2,1H3,(H,13,17). The van der Waals surface area contributed by atoms with E-state index in [1.807, 2.05) is 30.3 Å². The number of carbonyl (C=O) groups is 1. The lowest BCUT2D eigenvalue weighted by atomic mass is 10.3. The van der Waals surface area contributed by atoms with Crippen LogP contribution in [0.3, 0.4) is 0 Å². The minimum absolute atomic E-state index is 0.255. The SMILES string of the molecule is COCCNC(=O)c1cnn(-c2ccccc2)n1. The highest BCUT2D eigenvalue weighted by Gasteiger charge is 2.10. The lowest BCUT2D eigenvalue weighted by Gasteiger charge is -2.01. The first-order chi connectivity index (χ1) is 8.81. The van der Waals surface area contributed by atoms with Gasteiger partial charge in [0.2, 0.25) is 0 Å². The monoisotopic (exact) mass is 246 g/mol. The van der Waals surface area contributed by atoms with Crippen molar-refractivity contribution in [1.29, 1.82) is 0 Å². The van der Waals surface area contributed by atoms with Gasteiger partial charge in [-0.2, -0.15) is 9.90 Å². The second-order valence-electron chi connectivity index (χ2n) is 3.60. The van der Waals surface area contributed by atoms with Gasteiger partial charge in [-0.1, -0.05) is 18.2 Å². The number of hydrogen-bond donors (Lipinski definition) is 1. The second-order valence-corrected chi connectivity index (χ2v) is 3.60. The molecule has 0 fully saturated rings. The van der Waals surface area contributed by atoms with Gasteiger partial charge in [-0.3, -0.25) is 4.79 Å². The average molecular weight is 246 g/mol. The molecular formula is C12H14N4O2. The molecule has 6 nitrogen and oxygen atoms in total. The fourth-order valence-corrected chi connectivity index (χ4v) is 1.41. The number of hydrogen-bond acceptors (Lipinski definition) is 4. The van der Waals surface area contributed by atoms with E-state index in [4.69, 9.17) is 4.74 Å². The van der Waals surface area contributed by atoms with Crippen LogP contribution in [0.1, 0.15) is 10.5 Å². The molecule has 1 heterocycles. The minimum atomic E-state index is -0.255. The number of nitrogens with zero attached hydrogens (tertiary/aromatic N) is 3. The predicted molar refractivity (Wildman–Crippen MR) is 65.6 cm³/mol. The third-order valence-electron chi connectivity index (χ3n) is 2.30. The van der Waals surface area contributed by atoms with Gasteiger partial charge in [-0.15, -0.1) is 5.10 Å². The summed E-state index contributed by atoms with van der Waals surface area (Å²) in [6.45, 7) is 0.923. The van der Waals surface area contributed by atoms with Crippen molar-refractivity contribution in [2.75, 3.05) is 20.3 Å². The predicted octanol–water partition coefficient (Wildman–Crippen LogP) is 0.643. The lowest BCUT2D eigenvalue weighted by Crippen LogP contribution is -2.27. The van der Waals surface area contributed by atoms with Gasteiger partial charge in [0.15, 0.2) is 5.69 Å². The van der Waals surface area contributed by atoms with Crippen molar-refractivity contribution in [3.63, 3.8) is 0 Å². The number of carbonyl (C=O) groups excluding carboxylic acids is 1. The summed E-state index contributed by atoms with van der Waals surface area (Å²) in [7, 11) is 1.58. The van der Waals surface area contributed by atoms with Crippen LogP contribution in [0.4, 0.5) is 0 Å². The summed E-state index contributed by atoms with van der Waals surface area (Å²) in [5, 5.41) is 10.8. The molecule has 0 spiro atoms. The van der Waals surface area contributed by atoms with E-state index in [2.05, 4.69) is 15.5 Å². The molecule has 2 rings (SSSR count). The molecule has 0 aliphatic carbocycles. The molecular weight excluding hydrogens is 232 g/mol. The molecule has 2 aromatic rings. The van der Waals surface area contributed by atoms with E-state index in [1.54, 1.807) is 7.11 Å². The van der Waals surface area contributed by atoms with Crippen molar-refractivity contribution >= 4 is 5.91 Å².